The maximum absolute atomic E-state index is 11.8. The van der Waals surface area contributed by atoms with Crippen molar-refractivity contribution in [2.45, 2.75) is 42.7 Å². The zero-order chi connectivity index (χ0) is 21.5. The highest BCUT2D eigenvalue weighted by Crippen LogP contribution is 2.23. The van der Waals surface area contributed by atoms with Gasteiger partial charge in [0.15, 0.2) is 0 Å². The van der Waals surface area contributed by atoms with Crippen LogP contribution < -0.4 is 10.6 Å². The summed E-state index contributed by atoms with van der Waals surface area (Å²) in [6.07, 6.45) is -5.05. The van der Waals surface area contributed by atoms with Crippen molar-refractivity contribution in [1.82, 2.24) is 10.6 Å². The van der Waals surface area contributed by atoms with Crippen molar-refractivity contribution >= 4 is 11.9 Å². The summed E-state index contributed by atoms with van der Waals surface area (Å²) in [5.41, 5.74) is 0.264. The third-order valence-electron chi connectivity index (χ3n) is 4.19. The third-order valence-corrected chi connectivity index (χ3v) is 4.19. The monoisotopic (exact) mass is 406 g/mol. The molecular weight excluding hydrogens is 380 g/mol. The van der Waals surface area contributed by atoms with Crippen LogP contribution in [-0.4, -0.2) is 104 Å². The number of aliphatic hydroxyl groups excluding tert-OH is 5. The Morgan fingerprint density at radius 2 is 1.96 bits per heavy atom. The zero-order valence-corrected chi connectivity index (χ0v) is 14.9. The molecule has 6 atom stereocenters. The molecule has 0 aromatic carbocycles. The highest BCUT2D eigenvalue weighted by Gasteiger charge is 2.48. The predicted octanol–water partition coefficient (Wildman–Crippen LogP) is -4.24. The molecule has 0 spiro atoms. The van der Waals surface area contributed by atoms with Crippen LogP contribution in [-0.2, 0) is 14.3 Å². The molecule has 0 saturated carbocycles. The Morgan fingerprint density at radius 1 is 1.32 bits per heavy atom. The molecule has 9 N–H and O–H groups in total. The van der Waals surface area contributed by atoms with Gasteiger partial charge < -0.3 is 45.8 Å². The minimum atomic E-state index is -2.39. The van der Waals surface area contributed by atoms with Gasteiger partial charge in [-0.25, -0.2) is 0 Å². The average molecular weight is 406 g/mol. The van der Waals surface area contributed by atoms with Crippen LogP contribution in [0.2, 0.25) is 0 Å². The normalized spacial score (nSPS) is 30.4. The summed E-state index contributed by atoms with van der Waals surface area (Å²) in [4.78, 5) is 23.2. The van der Waals surface area contributed by atoms with Crippen molar-refractivity contribution in [3.05, 3.63) is 24.4 Å². The molecule has 12 nitrogen and oxygen atoms in total. The van der Waals surface area contributed by atoms with Gasteiger partial charge in [0.2, 0.25) is 5.79 Å². The Balaban J connectivity index is 2.68. The van der Waals surface area contributed by atoms with Crippen molar-refractivity contribution in [2.24, 2.45) is 0 Å². The number of ether oxygens (including phenoxy) is 1. The summed E-state index contributed by atoms with van der Waals surface area (Å²) in [6.45, 7) is 1.83. The second-order valence-electron chi connectivity index (χ2n) is 6.27. The summed E-state index contributed by atoms with van der Waals surface area (Å²) < 4.78 is 4.89. The maximum atomic E-state index is 11.8. The summed E-state index contributed by atoms with van der Waals surface area (Å²) in [7, 11) is 0. The Kier molecular flexibility index (Phi) is 9.13. The molecule has 1 aliphatic rings. The molecule has 160 valence electrons. The summed E-state index contributed by atoms with van der Waals surface area (Å²) in [5, 5.41) is 71.6. The predicted molar refractivity (Wildman–Crippen MR) is 92.5 cm³/mol. The van der Waals surface area contributed by atoms with E-state index in [9.17, 15) is 40.2 Å². The van der Waals surface area contributed by atoms with Gasteiger partial charge in [-0.2, -0.15) is 0 Å². The third kappa shape index (κ3) is 6.32. The van der Waals surface area contributed by atoms with Crippen LogP contribution in [0.4, 0.5) is 0 Å². The van der Waals surface area contributed by atoms with Crippen molar-refractivity contribution < 1.29 is 50.1 Å². The van der Waals surface area contributed by atoms with Crippen LogP contribution >= 0.6 is 0 Å². The van der Waals surface area contributed by atoms with Crippen LogP contribution in [0.25, 0.3) is 0 Å². The Morgan fingerprint density at radius 3 is 2.50 bits per heavy atom. The number of carboxylic acids is 1. The van der Waals surface area contributed by atoms with Crippen LogP contribution in [0, 0.1) is 0 Å². The van der Waals surface area contributed by atoms with Gasteiger partial charge in [0.05, 0.1) is 19.8 Å². The topological polar surface area (TPSA) is 209 Å². The molecule has 28 heavy (non-hydrogen) atoms. The average Bonchev–Trinajstić information content (AvgIpc) is 2.67. The van der Waals surface area contributed by atoms with Gasteiger partial charge in [0, 0.05) is 12.6 Å². The molecule has 1 saturated heterocycles. The van der Waals surface area contributed by atoms with E-state index in [4.69, 9.17) is 9.84 Å². The van der Waals surface area contributed by atoms with E-state index in [1.807, 2.05) is 0 Å². The second kappa shape index (κ2) is 10.6. The summed E-state index contributed by atoms with van der Waals surface area (Å²) >= 11 is 0. The Hall–Kier alpha value is -1.90. The number of aliphatic hydroxyl groups is 6. The summed E-state index contributed by atoms with van der Waals surface area (Å²) in [5.74, 6) is -4.78. The molecular formula is C16H26N2O10. The number of carbonyl (C=O) groups excluding carboxylic acids is 1. The molecule has 1 amide bonds. The summed E-state index contributed by atoms with van der Waals surface area (Å²) in [6, 6.07) is -1.52. The first-order valence-electron chi connectivity index (χ1n) is 8.33. The molecule has 12 heteroatoms. The molecule has 0 radical (unpaired) electrons. The highest BCUT2D eigenvalue weighted by molar-refractivity contribution is 5.83. The fourth-order valence-electron chi connectivity index (χ4n) is 2.35. The van der Waals surface area contributed by atoms with Crippen molar-refractivity contribution in [3.8, 4) is 0 Å². The van der Waals surface area contributed by atoms with E-state index in [0.717, 1.165) is 6.20 Å². The van der Waals surface area contributed by atoms with Crippen LogP contribution in [0.3, 0.4) is 0 Å². The number of nitrogens with one attached hydrogen (secondary N) is 2. The molecule has 1 aliphatic heterocycles. The standard InChI is InChI=1S/C16H26N2O10/c1-2-8(5-19)4-17-14(24)10(20)3-9(15(25)26)18-7-16(27)13(23)12(22)11(21)6-28-16/h2,4,9-13,18-23,27H,1,3,5-7H2,(H,17,24)(H,25,26). The minimum absolute atomic E-state index is 0.264. The molecule has 6 unspecified atom stereocenters. The van der Waals surface area contributed by atoms with E-state index in [-0.39, 0.29) is 5.57 Å². The quantitative estimate of drug-likeness (QED) is 0.159. The lowest BCUT2D eigenvalue weighted by atomic mass is 9.96. The van der Waals surface area contributed by atoms with Crippen LogP contribution in [0.15, 0.2) is 24.4 Å². The first-order chi connectivity index (χ1) is 13.1. The molecule has 0 aromatic heterocycles. The SMILES string of the molecule is C=CC(=CNC(=O)C(O)CC(NCC1(O)OCC(O)C(O)C1O)C(=O)O)CO. The number of carboxylic acid groups (broad SMARTS) is 1. The van der Waals surface area contributed by atoms with Crippen molar-refractivity contribution in [3.63, 3.8) is 0 Å². The van der Waals surface area contributed by atoms with Gasteiger partial charge in [-0.15, -0.1) is 0 Å². The largest absolute Gasteiger partial charge is 0.480 e. The van der Waals surface area contributed by atoms with Gasteiger partial charge in [-0.3, -0.25) is 14.9 Å². The Bertz CT molecular complexity index is 598. The number of rotatable bonds is 10. The van der Waals surface area contributed by atoms with Crippen LogP contribution in [0.1, 0.15) is 6.42 Å². The van der Waals surface area contributed by atoms with E-state index in [0.29, 0.717) is 0 Å². The van der Waals surface area contributed by atoms with Gasteiger partial charge in [0.25, 0.3) is 5.91 Å². The van der Waals surface area contributed by atoms with E-state index in [1.54, 1.807) is 0 Å². The molecule has 0 aromatic rings. The first kappa shape index (κ1) is 24.1. The molecule has 0 bridgehead atoms. The lowest BCUT2D eigenvalue weighted by Crippen LogP contribution is -2.65. The second-order valence-corrected chi connectivity index (χ2v) is 6.27. The first-order valence-corrected chi connectivity index (χ1v) is 8.33. The fourth-order valence-corrected chi connectivity index (χ4v) is 2.35. The molecule has 1 rings (SSSR count). The molecule has 1 heterocycles. The van der Waals surface area contributed by atoms with Gasteiger partial charge in [-0.05, 0) is 5.57 Å². The van der Waals surface area contributed by atoms with Gasteiger partial charge in [-0.1, -0.05) is 12.7 Å². The number of hydrogen-bond acceptors (Lipinski definition) is 10. The number of hydrogen-bond donors (Lipinski definition) is 9. The van der Waals surface area contributed by atoms with Crippen LogP contribution in [0.5, 0.6) is 0 Å². The zero-order valence-electron chi connectivity index (χ0n) is 14.9. The lowest BCUT2D eigenvalue weighted by molar-refractivity contribution is -0.318. The van der Waals surface area contributed by atoms with E-state index in [2.05, 4.69) is 17.2 Å². The highest BCUT2D eigenvalue weighted by atomic mass is 16.6. The van der Waals surface area contributed by atoms with E-state index in [1.165, 1.54) is 6.08 Å². The van der Waals surface area contributed by atoms with E-state index >= 15 is 0 Å². The molecule has 1 fully saturated rings. The smallest absolute Gasteiger partial charge is 0.320 e. The number of carbonyl (C=O) groups is 2. The Labute approximate surface area is 160 Å². The maximum Gasteiger partial charge on any atom is 0.320 e. The number of amides is 1. The van der Waals surface area contributed by atoms with E-state index < -0.39 is 74.3 Å². The lowest BCUT2D eigenvalue weighted by Gasteiger charge is -2.42. The van der Waals surface area contributed by atoms with Crippen molar-refractivity contribution in [2.75, 3.05) is 19.8 Å². The molecule has 0 aliphatic carbocycles. The fraction of sp³-hybridized carbons (Fsp3) is 0.625. The van der Waals surface area contributed by atoms with Gasteiger partial charge >= 0.3 is 5.97 Å². The van der Waals surface area contributed by atoms with Crippen molar-refractivity contribution in [1.29, 1.82) is 0 Å². The van der Waals surface area contributed by atoms with Gasteiger partial charge in [0.1, 0.15) is 30.5 Å². The number of aliphatic carboxylic acids is 1. The minimum Gasteiger partial charge on any atom is -0.480 e.